The van der Waals surface area contributed by atoms with Gasteiger partial charge in [-0.05, 0) is 37.0 Å². The van der Waals surface area contributed by atoms with Crippen LogP contribution in [0, 0.1) is 0 Å². The molecule has 0 bridgehead atoms. The third-order valence-corrected chi connectivity index (χ3v) is 6.08. The predicted octanol–water partition coefficient (Wildman–Crippen LogP) is 2.08. The van der Waals surface area contributed by atoms with E-state index in [0.29, 0.717) is 37.7 Å². The fourth-order valence-electron chi connectivity index (χ4n) is 3.08. The van der Waals surface area contributed by atoms with E-state index in [1.165, 1.54) is 0 Å². The first kappa shape index (κ1) is 19.0. The average Bonchev–Trinajstić information content (AvgIpc) is 2.60. The second-order valence-corrected chi connectivity index (χ2v) is 8.03. The number of sulfonamides is 1. The van der Waals surface area contributed by atoms with E-state index >= 15 is 0 Å². The Bertz CT molecular complexity index is 638. The van der Waals surface area contributed by atoms with E-state index in [9.17, 15) is 8.42 Å². The zero-order valence-electron chi connectivity index (χ0n) is 14.6. The minimum atomic E-state index is -3.25. The van der Waals surface area contributed by atoms with Gasteiger partial charge in [0.05, 0.1) is 20.0 Å². The lowest BCUT2D eigenvalue weighted by atomic mass is 9.74. The molecule has 0 saturated carbocycles. The summed E-state index contributed by atoms with van der Waals surface area (Å²) in [5.74, 6) is 1.46. The fraction of sp³-hybridized carbons (Fsp3) is 0.647. The summed E-state index contributed by atoms with van der Waals surface area (Å²) in [6.07, 6.45) is 2.12. The van der Waals surface area contributed by atoms with E-state index in [-0.39, 0.29) is 11.2 Å². The Morgan fingerprint density at radius 2 is 1.83 bits per heavy atom. The summed E-state index contributed by atoms with van der Waals surface area (Å²) in [6, 6.07) is 5.80. The monoisotopic (exact) mass is 357 g/mol. The third kappa shape index (κ3) is 4.40. The fourth-order valence-corrected chi connectivity index (χ4v) is 4.26. The molecule has 0 spiro atoms. The summed E-state index contributed by atoms with van der Waals surface area (Å²) in [7, 11) is -0.0551. The molecule has 0 atom stereocenters. The molecule has 0 aliphatic carbocycles. The van der Waals surface area contributed by atoms with Crippen molar-refractivity contribution in [3.8, 4) is 11.5 Å². The van der Waals surface area contributed by atoms with Crippen molar-refractivity contribution >= 4 is 10.0 Å². The van der Waals surface area contributed by atoms with Gasteiger partial charge in [0, 0.05) is 25.2 Å². The lowest BCUT2D eigenvalue weighted by molar-refractivity contribution is 0.0516. The molecule has 1 fully saturated rings. The van der Waals surface area contributed by atoms with Crippen LogP contribution in [0.15, 0.2) is 18.2 Å². The molecule has 2 rings (SSSR count). The molecule has 7 heteroatoms. The molecule has 1 aromatic carbocycles. The first-order valence-electron chi connectivity index (χ1n) is 8.24. The number of benzene rings is 1. The second-order valence-electron chi connectivity index (χ2n) is 6.10. The Kier molecular flexibility index (Phi) is 6.48. The van der Waals surface area contributed by atoms with Crippen molar-refractivity contribution in [3.63, 3.8) is 0 Å². The minimum absolute atomic E-state index is 0.144. The Hall–Kier alpha value is -1.31. The van der Waals surface area contributed by atoms with Crippen molar-refractivity contribution in [1.82, 2.24) is 4.72 Å². The maximum Gasteiger partial charge on any atom is 0.211 e. The number of ether oxygens (including phenoxy) is 3. The van der Waals surface area contributed by atoms with E-state index in [1.54, 1.807) is 14.2 Å². The van der Waals surface area contributed by atoms with Crippen molar-refractivity contribution in [2.75, 3.05) is 39.7 Å². The summed E-state index contributed by atoms with van der Waals surface area (Å²) in [5.41, 5.74) is 0.751. The Morgan fingerprint density at radius 3 is 2.42 bits per heavy atom. The molecule has 0 unspecified atom stereocenters. The first-order chi connectivity index (χ1) is 11.5. The molecule has 24 heavy (non-hydrogen) atoms. The van der Waals surface area contributed by atoms with Crippen molar-refractivity contribution in [2.45, 2.75) is 31.6 Å². The molecule has 0 radical (unpaired) electrons. The number of methoxy groups -OCH3 is 2. The van der Waals surface area contributed by atoms with E-state index in [4.69, 9.17) is 14.2 Å². The third-order valence-electron chi connectivity index (χ3n) is 4.55. The van der Waals surface area contributed by atoms with Crippen molar-refractivity contribution in [1.29, 1.82) is 0 Å². The Balaban J connectivity index is 2.30. The van der Waals surface area contributed by atoms with E-state index in [2.05, 4.69) is 4.72 Å². The molecule has 0 amide bonds. The highest BCUT2D eigenvalue weighted by atomic mass is 32.2. The van der Waals surface area contributed by atoms with Crippen molar-refractivity contribution in [2.24, 2.45) is 0 Å². The molecule has 1 aromatic rings. The normalized spacial score (nSPS) is 17.5. The van der Waals surface area contributed by atoms with Gasteiger partial charge in [-0.25, -0.2) is 13.1 Å². The lowest BCUT2D eigenvalue weighted by Crippen LogP contribution is -2.45. The molecule has 1 saturated heterocycles. The minimum Gasteiger partial charge on any atom is -0.493 e. The molecule has 1 N–H and O–H groups in total. The van der Waals surface area contributed by atoms with Gasteiger partial charge in [-0.2, -0.15) is 0 Å². The van der Waals surface area contributed by atoms with E-state index in [0.717, 1.165) is 18.4 Å². The summed E-state index contributed by atoms with van der Waals surface area (Å²) in [6.45, 7) is 3.46. The van der Waals surface area contributed by atoms with Gasteiger partial charge in [-0.1, -0.05) is 13.0 Å². The van der Waals surface area contributed by atoms with Crippen LogP contribution in [0.4, 0.5) is 0 Å². The molecule has 6 nitrogen and oxygen atoms in total. The summed E-state index contributed by atoms with van der Waals surface area (Å²) >= 11 is 0. The Morgan fingerprint density at radius 1 is 1.17 bits per heavy atom. The number of hydrogen-bond acceptors (Lipinski definition) is 5. The highest BCUT2D eigenvalue weighted by Gasteiger charge is 2.36. The summed E-state index contributed by atoms with van der Waals surface area (Å²) in [5, 5.41) is 0. The average molecular weight is 357 g/mol. The van der Waals surface area contributed by atoms with Crippen LogP contribution in [-0.4, -0.2) is 48.1 Å². The van der Waals surface area contributed by atoms with Crippen LogP contribution in [-0.2, 0) is 20.2 Å². The van der Waals surface area contributed by atoms with Gasteiger partial charge in [0.15, 0.2) is 11.5 Å². The SMILES string of the molecule is CCCS(=O)(=O)NCC1(c2ccc(OC)c(OC)c2)CCOCC1. The zero-order valence-corrected chi connectivity index (χ0v) is 15.4. The molecular weight excluding hydrogens is 330 g/mol. The van der Waals surface area contributed by atoms with Gasteiger partial charge in [0.2, 0.25) is 10.0 Å². The van der Waals surface area contributed by atoms with Crippen LogP contribution >= 0.6 is 0 Å². The second kappa shape index (κ2) is 8.18. The smallest absolute Gasteiger partial charge is 0.211 e. The van der Waals surface area contributed by atoms with Crippen LogP contribution in [0.5, 0.6) is 11.5 Å². The number of hydrogen-bond donors (Lipinski definition) is 1. The number of nitrogens with one attached hydrogen (secondary N) is 1. The van der Waals surface area contributed by atoms with Gasteiger partial charge in [0.1, 0.15) is 0 Å². The molecule has 0 aromatic heterocycles. The first-order valence-corrected chi connectivity index (χ1v) is 9.89. The van der Waals surface area contributed by atoms with Gasteiger partial charge >= 0.3 is 0 Å². The van der Waals surface area contributed by atoms with Gasteiger partial charge < -0.3 is 14.2 Å². The standard InChI is InChI=1S/C17H27NO5S/c1-4-11-24(19,20)18-13-17(7-9-23-10-8-17)14-5-6-15(21-2)16(12-14)22-3/h5-6,12,18H,4,7-11,13H2,1-3H3. The van der Waals surface area contributed by atoms with Gasteiger partial charge in [-0.3, -0.25) is 0 Å². The predicted molar refractivity (Wildman–Crippen MR) is 93.4 cm³/mol. The van der Waals surface area contributed by atoms with Crippen LogP contribution < -0.4 is 14.2 Å². The molecule has 1 heterocycles. The molecular formula is C17H27NO5S. The van der Waals surface area contributed by atoms with E-state index < -0.39 is 10.0 Å². The van der Waals surface area contributed by atoms with Crippen LogP contribution in [0.25, 0.3) is 0 Å². The maximum atomic E-state index is 12.1. The van der Waals surface area contributed by atoms with Crippen molar-refractivity contribution < 1.29 is 22.6 Å². The van der Waals surface area contributed by atoms with Gasteiger partial charge in [-0.15, -0.1) is 0 Å². The van der Waals surface area contributed by atoms with E-state index in [1.807, 2.05) is 25.1 Å². The van der Waals surface area contributed by atoms with Crippen LogP contribution in [0.2, 0.25) is 0 Å². The van der Waals surface area contributed by atoms with Crippen LogP contribution in [0.1, 0.15) is 31.7 Å². The molecule has 1 aliphatic heterocycles. The highest BCUT2D eigenvalue weighted by molar-refractivity contribution is 7.89. The van der Waals surface area contributed by atoms with Gasteiger partial charge in [0.25, 0.3) is 0 Å². The quantitative estimate of drug-likeness (QED) is 0.771. The molecule has 1 aliphatic rings. The zero-order chi connectivity index (χ0) is 17.6. The maximum absolute atomic E-state index is 12.1. The molecule has 136 valence electrons. The number of rotatable bonds is 8. The van der Waals surface area contributed by atoms with Crippen molar-refractivity contribution in [3.05, 3.63) is 23.8 Å². The largest absolute Gasteiger partial charge is 0.493 e. The Labute approximate surface area is 144 Å². The summed E-state index contributed by atoms with van der Waals surface area (Å²) < 4.78 is 43.1. The lowest BCUT2D eigenvalue weighted by Gasteiger charge is -2.38. The summed E-state index contributed by atoms with van der Waals surface area (Å²) in [4.78, 5) is 0. The van der Waals surface area contributed by atoms with Crippen LogP contribution in [0.3, 0.4) is 0 Å². The highest BCUT2D eigenvalue weighted by Crippen LogP contribution is 2.39. The topological polar surface area (TPSA) is 73.9 Å².